The van der Waals surface area contributed by atoms with E-state index < -0.39 is 0 Å². The van der Waals surface area contributed by atoms with E-state index in [4.69, 9.17) is 14.2 Å². The van der Waals surface area contributed by atoms with Crippen molar-refractivity contribution < 1.29 is 23.8 Å². The van der Waals surface area contributed by atoms with Gasteiger partial charge in [0.2, 0.25) is 0 Å². The number of fused-ring (bicyclic) bond motifs is 5. The minimum absolute atomic E-state index is 0.0105. The number of methoxy groups -OCH3 is 2. The molecule has 0 N–H and O–H groups in total. The smallest absolute Gasteiger partial charge is 0.410 e. The topological polar surface area (TPSA) is 65.1 Å². The van der Waals surface area contributed by atoms with Crippen LogP contribution in [0.1, 0.15) is 59.5 Å². The molecular formula is C32H33NO5. The second kappa shape index (κ2) is 10.2. The van der Waals surface area contributed by atoms with Gasteiger partial charge in [-0.25, -0.2) is 4.79 Å². The van der Waals surface area contributed by atoms with Crippen LogP contribution in [0.15, 0.2) is 66.7 Å². The van der Waals surface area contributed by atoms with Crippen molar-refractivity contribution in [3.05, 3.63) is 83.4 Å². The van der Waals surface area contributed by atoms with E-state index in [9.17, 15) is 9.59 Å². The number of ether oxygens (including phenoxy) is 3. The normalized spacial score (nSPS) is 21.8. The van der Waals surface area contributed by atoms with E-state index in [0.717, 1.165) is 19.3 Å². The lowest BCUT2D eigenvalue weighted by atomic mass is 9.75. The van der Waals surface area contributed by atoms with Gasteiger partial charge in [-0.3, -0.25) is 4.79 Å². The predicted molar refractivity (Wildman–Crippen MR) is 145 cm³/mol. The van der Waals surface area contributed by atoms with Crippen molar-refractivity contribution in [2.45, 2.75) is 50.1 Å². The Morgan fingerprint density at radius 1 is 0.842 bits per heavy atom. The molecule has 0 radical (unpaired) electrons. The molecule has 6 nitrogen and oxygen atoms in total. The Labute approximate surface area is 223 Å². The van der Waals surface area contributed by atoms with Crippen LogP contribution < -0.4 is 9.47 Å². The lowest BCUT2D eigenvalue weighted by Crippen LogP contribution is -2.55. The molecule has 2 fully saturated rings. The SMILES string of the molecule is COc1ccc(C(=O)C2CC3CCCC(C2)N3C(=O)OCC2c3ccccc3-c3ccccc32)c(OC)c1. The third-order valence-electron chi connectivity index (χ3n) is 8.57. The summed E-state index contributed by atoms with van der Waals surface area (Å²) in [6.07, 6.45) is 3.89. The highest BCUT2D eigenvalue weighted by Crippen LogP contribution is 2.45. The van der Waals surface area contributed by atoms with Gasteiger partial charge in [0.15, 0.2) is 5.78 Å². The fourth-order valence-electron chi connectivity index (χ4n) is 6.78. The summed E-state index contributed by atoms with van der Waals surface area (Å²) in [5, 5.41) is 0. The van der Waals surface area contributed by atoms with Crippen molar-refractivity contribution >= 4 is 11.9 Å². The summed E-state index contributed by atoms with van der Waals surface area (Å²) >= 11 is 0. The molecule has 2 saturated heterocycles. The van der Waals surface area contributed by atoms with Gasteiger partial charge in [-0.2, -0.15) is 0 Å². The van der Waals surface area contributed by atoms with E-state index in [1.165, 1.54) is 22.3 Å². The van der Waals surface area contributed by atoms with Crippen LogP contribution in [0.25, 0.3) is 11.1 Å². The van der Waals surface area contributed by atoms with Gasteiger partial charge in [-0.15, -0.1) is 0 Å². The van der Waals surface area contributed by atoms with E-state index in [-0.39, 0.29) is 35.8 Å². The molecule has 3 aromatic rings. The van der Waals surface area contributed by atoms with Crippen molar-refractivity contribution in [1.82, 2.24) is 4.90 Å². The summed E-state index contributed by atoms with van der Waals surface area (Å²) in [4.78, 5) is 29.0. The van der Waals surface area contributed by atoms with Gasteiger partial charge in [-0.1, -0.05) is 48.5 Å². The number of ketones is 1. The highest BCUT2D eigenvalue weighted by atomic mass is 16.6. The summed E-state index contributed by atoms with van der Waals surface area (Å²) < 4.78 is 16.8. The minimum Gasteiger partial charge on any atom is -0.497 e. The van der Waals surface area contributed by atoms with Gasteiger partial charge < -0.3 is 19.1 Å². The van der Waals surface area contributed by atoms with Crippen LogP contribution in [0.5, 0.6) is 11.5 Å². The second-order valence-electron chi connectivity index (χ2n) is 10.5. The van der Waals surface area contributed by atoms with Crippen LogP contribution in [0.2, 0.25) is 0 Å². The number of benzene rings is 3. The Balaban J connectivity index is 1.16. The number of hydrogen-bond donors (Lipinski definition) is 0. The zero-order valence-electron chi connectivity index (χ0n) is 21.9. The summed E-state index contributed by atoms with van der Waals surface area (Å²) in [6, 6.07) is 22.1. The maximum Gasteiger partial charge on any atom is 0.410 e. The molecule has 6 rings (SSSR count). The molecular weight excluding hydrogens is 478 g/mol. The van der Waals surface area contributed by atoms with Crippen molar-refractivity contribution in [3.63, 3.8) is 0 Å². The molecule has 2 atom stereocenters. The zero-order valence-corrected chi connectivity index (χ0v) is 21.9. The standard InChI is InChI=1S/C32H33NO5/c1-36-23-14-15-28(30(18-23)37-2)31(34)20-16-21-8-7-9-22(17-20)33(21)32(35)38-19-29-26-12-5-3-10-24(26)25-11-4-6-13-27(25)29/h3-6,10-15,18,20-22,29H,7-9,16-17,19H2,1-2H3. The van der Waals surface area contributed by atoms with E-state index in [0.29, 0.717) is 36.5 Å². The number of hydrogen-bond acceptors (Lipinski definition) is 5. The molecule has 1 amide bonds. The first kappa shape index (κ1) is 24.5. The van der Waals surface area contributed by atoms with Gasteiger partial charge in [-0.05, 0) is 66.5 Å². The van der Waals surface area contributed by atoms with Crippen molar-refractivity contribution in [1.29, 1.82) is 0 Å². The summed E-state index contributed by atoms with van der Waals surface area (Å²) in [5.74, 6) is 1.14. The Hall–Kier alpha value is -3.80. The molecule has 38 heavy (non-hydrogen) atoms. The number of nitrogens with zero attached hydrogens (tertiary/aromatic N) is 1. The molecule has 0 spiro atoms. The van der Waals surface area contributed by atoms with Crippen LogP contribution in [-0.4, -0.2) is 49.7 Å². The average Bonchev–Trinajstić information content (AvgIpc) is 3.28. The van der Waals surface area contributed by atoms with E-state index in [1.54, 1.807) is 32.4 Å². The van der Waals surface area contributed by atoms with Crippen LogP contribution in [0.4, 0.5) is 4.79 Å². The van der Waals surface area contributed by atoms with Crippen molar-refractivity contribution in [2.75, 3.05) is 20.8 Å². The fraction of sp³-hybridized carbons (Fsp3) is 0.375. The lowest BCUT2D eigenvalue weighted by molar-refractivity contribution is 0.00645. The quantitative estimate of drug-likeness (QED) is 0.355. The monoisotopic (exact) mass is 511 g/mol. The Morgan fingerprint density at radius 3 is 2.08 bits per heavy atom. The van der Waals surface area contributed by atoms with Crippen molar-refractivity contribution in [3.8, 4) is 22.6 Å². The molecule has 0 saturated carbocycles. The Morgan fingerprint density at radius 2 is 1.47 bits per heavy atom. The van der Waals surface area contributed by atoms with Gasteiger partial charge in [0.25, 0.3) is 0 Å². The van der Waals surface area contributed by atoms with Gasteiger partial charge in [0.1, 0.15) is 18.1 Å². The summed E-state index contributed by atoms with van der Waals surface area (Å²) in [5.41, 5.74) is 5.42. The maximum absolute atomic E-state index is 13.6. The third kappa shape index (κ3) is 4.22. The molecule has 2 aliphatic heterocycles. The number of piperidine rings is 2. The molecule has 2 unspecified atom stereocenters. The Bertz CT molecular complexity index is 1310. The van der Waals surface area contributed by atoms with Gasteiger partial charge in [0, 0.05) is 30.0 Å². The first-order chi connectivity index (χ1) is 18.6. The van der Waals surface area contributed by atoms with Gasteiger partial charge in [0.05, 0.1) is 19.8 Å². The summed E-state index contributed by atoms with van der Waals surface area (Å²) in [6.45, 7) is 0.314. The van der Waals surface area contributed by atoms with Crippen molar-refractivity contribution in [2.24, 2.45) is 5.92 Å². The molecule has 3 aliphatic rings. The molecule has 3 aromatic carbocycles. The molecule has 0 aromatic heterocycles. The van der Waals surface area contributed by atoms with Crippen LogP contribution >= 0.6 is 0 Å². The molecule has 1 aliphatic carbocycles. The van der Waals surface area contributed by atoms with Crippen LogP contribution in [0.3, 0.4) is 0 Å². The number of carbonyl (C=O) groups is 2. The first-order valence-corrected chi connectivity index (χ1v) is 13.5. The highest BCUT2D eigenvalue weighted by Gasteiger charge is 2.44. The number of amides is 1. The van der Waals surface area contributed by atoms with E-state index in [1.807, 2.05) is 17.0 Å². The Kier molecular flexibility index (Phi) is 6.56. The van der Waals surface area contributed by atoms with Crippen LogP contribution in [0, 0.1) is 5.92 Å². The lowest BCUT2D eigenvalue weighted by Gasteiger charge is -2.47. The summed E-state index contributed by atoms with van der Waals surface area (Å²) in [7, 11) is 3.16. The fourth-order valence-corrected chi connectivity index (χ4v) is 6.78. The molecule has 2 heterocycles. The first-order valence-electron chi connectivity index (χ1n) is 13.5. The molecule has 6 heteroatoms. The molecule has 2 bridgehead atoms. The largest absolute Gasteiger partial charge is 0.497 e. The average molecular weight is 512 g/mol. The number of rotatable bonds is 6. The van der Waals surface area contributed by atoms with Crippen LogP contribution in [-0.2, 0) is 4.74 Å². The predicted octanol–water partition coefficient (Wildman–Crippen LogP) is 6.47. The number of Topliss-reactive ketones (excluding diaryl/α,β-unsaturated/α-hetero) is 1. The number of carbonyl (C=O) groups excluding carboxylic acids is 2. The third-order valence-corrected chi connectivity index (χ3v) is 8.57. The van der Waals surface area contributed by atoms with Gasteiger partial charge >= 0.3 is 6.09 Å². The molecule has 196 valence electrons. The second-order valence-corrected chi connectivity index (χ2v) is 10.5. The van der Waals surface area contributed by atoms with E-state index >= 15 is 0 Å². The van der Waals surface area contributed by atoms with E-state index in [2.05, 4.69) is 36.4 Å². The maximum atomic E-state index is 13.6. The minimum atomic E-state index is -0.255. The highest BCUT2D eigenvalue weighted by molar-refractivity contribution is 6.00. The zero-order chi connectivity index (χ0) is 26.2.